The fraction of sp³-hybridized carbons (Fsp3) is 0.364. The van der Waals surface area contributed by atoms with Crippen LogP contribution in [-0.4, -0.2) is 12.4 Å². The molecule has 0 atom stereocenters. The zero-order valence-electron chi connectivity index (χ0n) is 7.97. The van der Waals surface area contributed by atoms with Gasteiger partial charge < -0.3 is 4.74 Å². The van der Waals surface area contributed by atoms with Gasteiger partial charge in [-0.3, -0.25) is 4.79 Å². The summed E-state index contributed by atoms with van der Waals surface area (Å²) >= 11 is 0. The number of ketones is 1. The van der Waals surface area contributed by atoms with E-state index in [0.717, 1.165) is 12.0 Å². The molecule has 0 bridgehead atoms. The second kappa shape index (κ2) is 3.40. The summed E-state index contributed by atoms with van der Waals surface area (Å²) in [7, 11) is 0. The van der Waals surface area contributed by atoms with E-state index in [-0.39, 0.29) is 18.0 Å². The van der Waals surface area contributed by atoms with Crippen molar-refractivity contribution in [3.63, 3.8) is 0 Å². The van der Waals surface area contributed by atoms with Crippen LogP contribution >= 0.6 is 0 Å². The van der Waals surface area contributed by atoms with Crippen LogP contribution in [0, 0.1) is 5.82 Å². The van der Waals surface area contributed by atoms with E-state index in [1.54, 1.807) is 6.07 Å². The number of halogens is 1. The van der Waals surface area contributed by atoms with Crippen molar-refractivity contribution in [1.82, 2.24) is 0 Å². The van der Waals surface area contributed by atoms with Crippen LogP contribution in [0.25, 0.3) is 0 Å². The Bertz CT molecular complexity index is 385. The number of hydrogen-bond acceptors (Lipinski definition) is 2. The first kappa shape index (κ1) is 9.19. The van der Waals surface area contributed by atoms with Crippen molar-refractivity contribution in [1.29, 1.82) is 0 Å². The Balaban J connectivity index is 2.37. The first-order valence-corrected chi connectivity index (χ1v) is 4.60. The second-order valence-corrected chi connectivity index (χ2v) is 3.53. The molecule has 0 radical (unpaired) electrons. The van der Waals surface area contributed by atoms with Crippen molar-refractivity contribution >= 4 is 5.78 Å². The number of carbonyl (C=O) groups excluding carboxylic acids is 1. The monoisotopic (exact) mass is 194 g/mol. The molecule has 74 valence electrons. The Morgan fingerprint density at radius 1 is 1.57 bits per heavy atom. The molecule has 0 saturated carbocycles. The molecule has 2 rings (SSSR count). The average Bonchev–Trinajstić information content (AvgIpc) is 2.51. The van der Waals surface area contributed by atoms with Crippen LogP contribution in [0.1, 0.15) is 18.1 Å². The number of Topliss-reactive ketones (excluding diaryl/α,β-unsaturated/α-hetero) is 1. The van der Waals surface area contributed by atoms with Gasteiger partial charge in [0.1, 0.15) is 17.3 Å². The second-order valence-electron chi connectivity index (χ2n) is 3.53. The van der Waals surface area contributed by atoms with Gasteiger partial charge in [0.25, 0.3) is 0 Å². The summed E-state index contributed by atoms with van der Waals surface area (Å²) < 4.78 is 18.6. The van der Waals surface area contributed by atoms with E-state index in [0.29, 0.717) is 17.9 Å². The van der Waals surface area contributed by atoms with Gasteiger partial charge in [-0.15, -0.1) is 0 Å². The van der Waals surface area contributed by atoms with E-state index in [1.165, 1.54) is 13.0 Å². The Morgan fingerprint density at radius 2 is 2.36 bits per heavy atom. The molecule has 0 aromatic heterocycles. The molecule has 2 nitrogen and oxygen atoms in total. The van der Waals surface area contributed by atoms with Crippen LogP contribution in [0.15, 0.2) is 12.1 Å². The largest absolute Gasteiger partial charge is 0.493 e. The van der Waals surface area contributed by atoms with Gasteiger partial charge in [-0.1, -0.05) is 0 Å². The zero-order valence-corrected chi connectivity index (χ0v) is 7.97. The van der Waals surface area contributed by atoms with Gasteiger partial charge in [-0.2, -0.15) is 0 Å². The SMILES string of the molecule is CC(=O)Cc1cc2c(cc1F)OCC2. The van der Waals surface area contributed by atoms with Gasteiger partial charge in [-0.05, 0) is 24.1 Å². The fourth-order valence-electron chi connectivity index (χ4n) is 1.66. The van der Waals surface area contributed by atoms with Crippen LogP contribution in [0.2, 0.25) is 0 Å². The number of rotatable bonds is 2. The number of benzene rings is 1. The lowest BCUT2D eigenvalue weighted by molar-refractivity contribution is -0.116. The summed E-state index contributed by atoms with van der Waals surface area (Å²) in [6.45, 7) is 2.07. The number of ether oxygens (including phenoxy) is 1. The molecule has 1 heterocycles. The minimum absolute atomic E-state index is 0.0252. The lowest BCUT2D eigenvalue weighted by Crippen LogP contribution is -2.00. The normalized spacial score (nSPS) is 13.6. The Morgan fingerprint density at radius 3 is 3.07 bits per heavy atom. The quantitative estimate of drug-likeness (QED) is 0.718. The summed E-state index contributed by atoms with van der Waals surface area (Å²) in [5, 5.41) is 0. The molecule has 0 spiro atoms. The Labute approximate surface area is 81.7 Å². The molecule has 0 unspecified atom stereocenters. The maximum atomic E-state index is 13.4. The van der Waals surface area contributed by atoms with Crippen molar-refractivity contribution in [2.45, 2.75) is 19.8 Å². The van der Waals surface area contributed by atoms with E-state index < -0.39 is 0 Å². The van der Waals surface area contributed by atoms with Crippen LogP contribution in [-0.2, 0) is 17.6 Å². The van der Waals surface area contributed by atoms with E-state index in [2.05, 4.69) is 0 Å². The molecule has 0 fully saturated rings. The highest BCUT2D eigenvalue weighted by molar-refractivity contribution is 5.78. The number of fused-ring (bicyclic) bond motifs is 1. The predicted molar refractivity (Wildman–Crippen MR) is 50.0 cm³/mol. The van der Waals surface area contributed by atoms with Crippen LogP contribution in [0.3, 0.4) is 0 Å². The number of hydrogen-bond donors (Lipinski definition) is 0. The highest BCUT2D eigenvalue weighted by Gasteiger charge is 2.16. The van der Waals surface area contributed by atoms with Gasteiger partial charge in [-0.25, -0.2) is 4.39 Å². The third kappa shape index (κ3) is 1.62. The van der Waals surface area contributed by atoms with Gasteiger partial charge >= 0.3 is 0 Å². The molecular formula is C11H11FO2. The smallest absolute Gasteiger partial charge is 0.134 e. The van der Waals surface area contributed by atoms with E-state index in [9.17, 15) is 9.18 Å². The van der Waals surface area contributed by atoms with Crippen LogP contribution in [0.4, 0.5) is 4.39 Å². The maximum absolute atomic E-state index is 13.4. The first-order valence-electron chi connectivity index (χ1n) is 4.60. The van der Waals surface area contributed by atoms with Crippen LogP contribution in [0.5, 0.6) is 5.75 Å². The van der Waals surface area contributed by atoms with E-state index >= 15 is 0 Å². The van der Waals surface area contributed by atoms with Crippen molar-refractivity contribution in [2.75, 3.05) is 6.61 Å². The molecule has 0 N–H and O–H groups in total. The summed E-state index contributed by atoms with van der Waals surface area (Å²) in [6.07, 6.45) is 0.972. The van der Waals surface area contributed by atoms with E-state index in [4.69, 9.17) is 4.74 Å². The molecule has 1 aliphatic rings. The molecule has 0 aliphatic carbocycles. The molecule has 1 aliphatic heterocycles. The molecule has 3 heteroatoms. The van der Waals surface area contributed by atoms with Crippen molar-refractivity contribution in [3.05, 3.63) is 29.1 Å². The van der Waals surface area contributed by atoms with Crippen molar-refractivity contribution < 1.29 is 13.9 Å². The Kier molecular flexibility index (Phi) is 2.23. The first-order chi connectivity index (χ1) is 6.66. The highest BCUT2D eigenvalue weighted by atomic mass is 19.1. The number of carbonyl (C=O) groups is 1. The lowest BCUT2D eigenvalue weighted by Gasteiger charge is -2.04. The standard InChI is InChI=1S/C11H11FO2/c1-7(13)4-9-5-8-2-3-14-11(8)6-10(9)12/h5-6H,2-4H2,1H3. The minimum Gasteiger partial charge on any atom is -0.493 e. The highest BCUT2D eigenvalue weighted by Crippen LogP contribution is 2.28. The van der Waals surface area contributed by atoms with Gasteiger partial charge in [0, 0.05) is 18.9 Å². The summed E-state index contributed by atoms with van der Waals surface area (Å²) in [5.74, 6) is 0.249. The maximum Gasteiger partial charge on any atom is 0.134 e. The van der Waals surface area contributed by atoms with E-state index in [1.807, 2.05) is 0 Å². The predicted octanol–water partition coefficient (Wildman–Crippen LogP) is 1.89. The van der Waals surface area contributed by atoms with Crippen LogP contribution < -0.4 is 4.74 Å². The topological polar surface area (TPSA) is 26.3 Å². The van der Waals surface area contributed by atoms with Gasteiger partial charge in [0.2, 0.25) is 0 Å². The fourth-order valence-corrected chi connectivity index (χ4v) is 1.66. The minimum atomic E-state index is -0.346. The van der Waals surface area contributed by atoms with Crippen molar-refractivity contribution in [3.8, 4) is 5.75 Å². The summed E-state index contributed by atoms with van der Waals surface area (Å²) in [4.78, 5) is 10.9. The third-order valence-electron chi connectivity index (χ3n) is 2.30. The molecule has 14 heavy (non-hydrogen) atoms. The lowest BCUT2D eigenvalue weighted by atomic mass is 10.0. The zero-order chi connectivity index (χ0) is 10.1. The molecule has 1 aromatic carbocycles. The van der Waals surface area contributed by atoms with Gasteiger partial charge in [0.05, 0.1) is 6.61 Å². The third-order valence-corrected chi connectivity index (χ3v) is 2.30. The summed E-state index contributed by atoms with van der Waals surface area (Å²) in [5.41, 5.74) is 1.48. The average molecular weight is 194 g/mol. The van der Waals surface area contributed by atoms with Crippen molar-refractivity contribution in [2.24, 2.45) is 0 Å². The molecule has 0 amide bonds. The summed E-state index contributed by atoms with van der Waals surface area (Å²) in [6, 6.07) is 3.11. The van der Waals surface area contributed by atoms with Gasteiger partial charge in [0.15, 0.2) is 0 Å². The Hall–Kier alpha value is -1.38. The molecular weight excluding hydrogens is 183 g/mol. The molecule has 0 saturated heterocycles. The molecule has 1 aromatic rings.